The Morgan fingerprint density at radius 1 is 1.39 bits per heavy atom. The molecular formula is C12H20FN5. The Labute approximate surface area is 106 Å². The van der Waals surface area contributed by atoms with Crippen molar-refractivity contribution in [3.8, 4) is 0 Å². The SMILES string of the molecule is NNc1ncc(F)c(NCCCC2CCCC2)n1. The molecule has 1 aromatic rings. The van der Waals surface area contributed by atoms with Crippen LogP contribution in [0.5, 0.6) is 0 Å². The van der Waals surface area contributed by atoms with Crippen LogP contribution >= 0.6 is 0 Å². The molecule has 100 valence electrons. The summed E-state index contributed by atoms with van der Waals surface area (Å²) in [4.78, 5) is 7.61. The van der Waals surface area contributed by atoms with Gasteiger partial charge in [-0.05, 0) is 18.8 Å². The molecule has 0 atom stereocenters. The molecule has 1 aliphatic carbocycles. The molecule has 0 aromatic carbocycles. The Balaban J connectivity index is 1.75. The topological polar surface area (TPSA) is 75.9 Å². The van der Waals surface area contributed by atoms with Crippen LogP contribution in [0.2, 0.25) is 0 Å². The van der Waals surface area contributed by atoms with Gasteiger partial charge in [0.05, 0.1) is 6.20 Å². The molecule has 1 saturated carbocycles. The molecule has 1 aromatic heterocycles. The molecule has 0 aliphatic heterocycles. The Kier molecular flexibility index (Phi) is 4.69. The average Bonchev–Trinajstić information content (AvgIpc) is 2.89. The number of nitrogen functional groups attached to an aromatic ring is 1. The lowest BCUT2D eigenvalue weighted by Crippen LogP contribution is -2.13. The fourth-order valence-electron chi connectivity index (χ4n) is 2.46. The molecule has 0 saturated heterocycles. The summed E-state index contributed by atoms with van der Waals surface area (Å²) in [5.41, 5.74) is 2.30. The Morgan fingerprint density at radius 3 is 2.89 bits per heavy atom. The van der Waals surface area contributed by atoms with Crippen molar-refractivity contribution in [3.63, 3.8) is 0 Å². The molecule has 1 heterocycles. The number of rotatable bonds is 6. The first-order valence-corrected chi connectivity index (χ1v) is 6.52. The summed E-state index contributed by atoms with van der Waals surface area (Å²) < 4.78 is 13.4. The normalized spacial score (nSPS) is 15.9. The predicted octanol–water partition coefficient (Wildman–Crippen LogP) is 2.28. The summed E-state index contributed by atoms with van der Waals surface area (Å²) in [6.07, 6.45) is 8.79. The third-order valence-corrected chi connectivity index (χ3v) is 3.43. The first-order chi connectivity index (χ1) is 8.79. The van der Waals surface area contributed by atoms with Crippen molar-refractivity contribution in [1.82, 2.24) is 9.97 Å². The number of hydrogen-bond acceptors (Lipinski definition) is 5. The maximum atomic E-state index is 13.4. The molecule has 5 nitrogen and oxygen atoms in total. The highest BCUT2D eigenvalue weighted by Crippen LogP contribution is 2.28. The van der Waals surface area contributed by atoms with Crippen molar-refractivity contribution < 1.29 is 4.39 Å². The van der Waals surface area contributed by atoms with E-state index in [4.69, 9.17) is 5.84 Å². The second-order valence-electron chi connectivity index (χ2n) is 4.75. The summed E-state index contributed by atoms with van der Waals surface area (Å²) in [7, 11) is 0. The minimum Gasteiger partial charge on any atom is -0.367 e. The van der Waals surface area contributed by atoms with Gasteiger partial charge in [-0.3, -0.25) is 5.43 Å². The van der Waals surface area contributed by atoms with E-state index in [2.05, 4.69) is 20.7 Å². The zero-order chi connectivity index (χ0) is 12.8. The number of aromatic nitrogens is 2. The van der Waals surface area contributed by atoms with Gasteiger partial charge in [-0.25, -0.2) is 15.2 Å². The van der Waals surface area contributed by atoms with E-state index < -0.39 is 5.82 Å². The molecule has 0 spiro atoms. The van der Waals surface area contributed by atoms with E-state index >= 15 is 0 Å². The summed E-state index contributed by atoms with van der Waals surface area (Å²) in [6.45, 7) is 0.731. The van der Waals surface area contributed by atoms with Crippen LogP contribution in [-0.2, 0) is 0 Å². The van der Waals surface area contributed by atoms with Crippen LogP contribution in [0.25, 0.3) is 0 Å². The lowest BCUT2D eigenvalue weighted by molar-refractivity contribution is 0.490. The maximum Gasteiger partial charge on any atom is 0.239 e. The quantitative estimate of drug-likeness (QED) is 0.412. The summed E-state index contributed by atoms with van der Waals surface area (Å²) in [5, 5.41) is 2.99. The predicted molar refractivity (Wildman–Crippen MR) is 69.5 cm³/mol. The van der Waals surface area contributed by atoms with E-state index in [0.29, 0.717) is 0 Å². The van der Waals surface area contributed by atoms with Gasteiger partial charge in [-0.15, -0.1) is 0 Å². The largest absolute Gasteiger partial charge is 0.367 e. The van der Waals surface area contributed by atoms with E-state index in [1.165, 1.54) is 32.1 Å². The summed E-state index contributed by atoms with van der Waals surface area (Å²) in [5.74, 6) is 6.03. The number of nitrogens with two attached hydrogens (primary N) is 1. The number of hydrazine groups is 1. The van der Waals surface area contributed by atoms with Crippen LogP contribution in [-0.4, -0.2) is 16.5 Å². The van der Waals surface area contributed by atoms with Crippen molar-refractivity contribution in [2.45, 2.75) is 38.5 Å². The van der Waals surface area contributed by atoms with Crippen molar-refractivity contribution in [3.05, 3.63) is 12.0 Å². The van der Waals surface area contributed by atoms with E-state index in [9.17, 15) is 4.39 Å². The van der Waals surface area contributed by atoms with Crippen LogP contribution in [0.1, 0.15) is 38.5 Å². The van der Waals surface area contributed by atoms with E-state index in [0.717, 1.165) is 25.1 Å². The van der Waals surface area contributed by atoms with Crippen LogP contribution in [0.4, 0.5) is 16.2 Å². The zero-order valence-electron chi connectivity index (χ0n) is 10.5. The molecule has 0 radical (unpaired) electrons. The van der Waals surface area contributed by atoms with Gasteiger partial charge >= 0.3 is 0 Å². The third kappa shape index (κ3) is 3.53. The van der Waals surface area contributed by atoms with Gasteiger partial charge in [-0.1, -0.05) is 25.7 Å². The molecule has 0 bridgehead atoms. The Bertz CT molecular complexity index is 379. The minimum atomic E-state index is -0.449. The van der Waals surface area contributed by atoms with E-state index in [1.54, 1.807) is 0 Å². The fraction of sp³-hybridized carbons (Fsp3) is 0.667. The highest BCUT2D eigenvalue weighted by Gasteiger charge is 2.14. The second-order valence-corrected chi connectivity index (χ2v) is 4.75. The van der Waals surface area contributed by atoms with Crippen LogP contribution < -0.4 is 16.6 Å². The van der Waals surface area contributed by atoms with Gasteiger partial charge in [0.25, 0.3) is 0 Å². The molecule has 18 heavy (non-hydrogen) atoms. The average molecular weight is 253 g/mol. The number of nitrogens with zero attached hydrogens (tertiary/aromatic N) is 2. The zero-order valence-corrected chi connectivity index (χ0v) is 10.5. The standard InChI is InChI=1S/C12H20FN5/c13-10-8-16-12(18-14)17-11(10)15-7-3-6-9-4-1-2-5-9/h8-9H,1-7,14H2,(H2,15,16,17,18). The number of nitrogens with one attached hydrogen (secondary N) is 2. The molecule has 0 unspecified atom stereocenters. The summed E-state index contributed by atoms with van der Waals surface area (Å²) in [6, 6.07) is 0. The van der Waals surface area contributed by atoms with Gasteiger partial charge in [0.1, 0.15) is 0 Å². The molecule has 2 rings (SSSR count). The summed E-state index contributed by atoms with van der Waals surface area (Å²) >= 11 is 0. The lowest BCUT2D eigenvalue weighted by atomic mass is 10.0. The number of anilines is 2. The molecule has 1 aliphatic rings. The fourth-order valence-corrected chi connectivity index (χ4v) is 2.46. The first-order valence-electron chi connectivity index (χ1n) is 6.52. The molecular weight excluding hydrogens is 233 g/mol. The molecule has 6 heteroatoms. The second kappa shape index (κ2) is 6.49. The van der Waals surface area contributed by atoms with E-state index in [1.807, 2.05) is 0 Å². The van der Waals surface area contributed by atoms with Crippen LogP contribution in [0.15, 0.2) is 6.20 Å². The first kappa shape index (κ1) is 13.0. The van der Waals surface area contributed by atoms with Crippen molar-refractivity contribution in [2.75, 3.05) is 17.3 Å². The monoisotopic (exact) mass is 253 g/mol. The smallest absolute Gasteiger partial charge is 0.239 e. The third-order valence-electron chi connectivity index (χ3n) is 3.43. The Morgan fingerprint density at radius 2 is 2.17 bits per heavy atom. The highest BCUT2D eigenvalue weighted by atomic mass is 19.1. The van der Waals surface area contributed by atoms with Gasteiger partial charge in [0, 0.05) is 6.54 Å². The van der Waals surface area contributed by atoms with Crippen LogP contribution in [0.3, 0.4) is 0 Å². The lowest BCUT2D eigenvalue weighted by Gasteiger charge is -2.10. The molecule has 4 N–H and O–H groups in total. The van der Waals surface area contributed by atoms with Crippen molar-refractivity contribution in [2.24, 2.45) is 11.8 Å². The van der Waals surface area contributed by atoms with Crippen molar-refractivity contribution >= 4 is 11.8 Å². The highest BCUT2D eigenvalue weighted by molar-refractivity contribution is 5.40. The number of hydrogen-bond donors (Lipinski definition) is 3. The van der Waals surface area contributed by atoms with Crippen LogP contribution in [0, 0.1) is 11.7 Å². The van der Waals surface area contributed by atoms with Crippen molar-refractivity contribution in [1.29, 1.82) is 0 Å². The van der Waals surface area contributed by atoms with Gasteiger partial charge < -0.3 is 5.32 Å². The van der Waals surface area contributed by atoms with Gasteiger partial charge in [0.15, 0.2) is 11.6 Å². The van der Waals surface area contributed by atoms with Gasteiger partial charge in [-0.2, -0.15) is 4.98 Å². The maximum absolute atomic E-state index is 13.4. The molecule has 0 amide bonds. The van der Waals surface area contributed by atoms with Gasteiger partial charge in [0.2, 0.25) is 5.95 Å². The molecule has 1 fully saturated rings. The number of halogens is 1. The minimum absolute atomic E-state index is 0.212. The Hall–Kier alpha value is -1.43. The van der Waals surface area contributed by atoms with E-state index in [-0.39, 0.29) is 11.8 Å².